The van der Waals surface area contributed by atoms with Crippen LogP contribution in [-0.2, 0) is 14.4 Å². The number of amides is 3. The van der Waals surface area contributed by atoms with E-state index in [1.165, 1.54) is 35.9 Å². The van der Waals surface area contributed by atoms with Crippen molar-refractivity contribution >= 4 is 63.0 Å². The second kappa shape index (κ2) is 11.6. The molecule has 0 atom stereocenters. The fourth-order valence-corrected chi connectivity index (χ4v) is 5.69. The molecule has 0 aliphatic carbocycles. The molecule has 1 fully saturated rings. The van der Waals surface area contributed by atoms with Crippen molar-refractivity contribution in [3.05, 3.63) is 65.1 Å². The predicted octanol–water partition coefficient (Wildman–Crippen LogP) is 5.60. The zero-order valence-corrected chi connectivity index (χ0v) is 21.4. The molecule has 1 N–H and O–H groups in total. The highest BCUT2D eigenvalue weighted by Crippen LogP contribution is 2.44. The standard InChI is InChI=1S/C27H29N3O3S2/c1-2-3-4-5-6-12-17-29-26(33)24(35-27(29)34)23-20-15-10-11-16-21(20)30(25(23)32)18-22(31)28-19-13-8-7-9-14-19/h7-11,13-16H,2-6,12,17-18H2,1H3,(H,28,31)/b24-23-. The largest absolute Gasteiger partial charge is 0.325 e. The van der Waals surface area contributed by atoms with Gasteiger partial charge in [-0.1, -0.05) is 99.4 Å². The van der Waals surface area contributed by atoms with Crippen LogP contribution in [0.25, 0.3) is 5.57 Å². The molecule has 0 aromatic heterocycles. The van der Waals surface area contributed by atoms with Gasteiger partial charge in [-0.3, -0.25) is 24.2 Å². The highest BCUT2D eigenvalue weighted by molar-refractivity contribution is 8.26. The molecule has 2 aromatic carbocycles. The molecule has 2 aliphatic rings. The third-order valence-corrected chi connectivity index (χ3v) is 7.54. The maximum Gasteiger partial charge on any atom is 0.267 e. The van der Waals surface area contributed by atoms with Gasteiger partial charge in [0, 0.05) is 17.8 Å². The Morgan fingerprint density at radius 2 is 1.57 bits per heavy atom. The summed E-state index contributed by atoms with van der Waals surface area (Å²) in [5.74, 6) is -0.881. The van der Waals surface area contributed by atoms with Gasteiger partial charge < -0.3 is 5.32 Å². The van der Waals surface area contributed by atoms with Crippen LogP contribution in [0, 0.1) is 0 Å². The average molecular weight is 508 g/mol. The molecule has 3 amide bonds. The van der Waals surface area contributed by atoms with Crippen LogP contribution >= 0.6 is 24.0 Å². The molecule has 0 unspecified atom stereocenters. The first-order chi connectivity index (χ1) is 17.0. The number of para-hydroxylation sites is 2. The van der Waals surface area contributed by atoms with Gasteiger partial charge in [0.25, 0.3) is 11.8 Å². The van der Waals surface area contributed by atoms with Gasteiger partial charge in [-0.2, -0.15) is 0 Å². The molecule has 2 aliphatic heterocycles. The Labute approximate surface area is 215 Å². The topological polar surface area (TPSA) is 69.7 Å². The predicted molar refractivity (Wildman–Crippen MR) is 146 cm³/mol. The Morgan fingerprint density at radius 1 is 0.886 bits per heavy atom. The number of fused-ring (bicyclic) bond motifs is 1. The molecule has 1 saturated heterocycles. The Morgan fingerprint density at radius 3 is 2.34 bits per heavy atom. The number of benzene rings is 2. The monoisotopic (exact) mass is 507 g/mol. The van der Waals surface area contributed by atoms with Crippen molar-refractivity contribution in [2.45, 2.75) is 45.4 Å². The molecule has 0 spiro atoms. The van der Waals surface area contributed by atoms with Crippen molar-refractivity contribution in [1.29, 1.82) is 0 Å². The van der Waals surface area contributed by atoms with Crippen LogP contribution < -0.4 is 10.2 Å². The van der Waals surface area contributed by atoms with Gasteiger partial charge >= 0.3 is 0 Å². The fourth-order valence-electron chi connectivity index (χ4n) is 4.31. The van der Waals surface area contributed by atoms with Crippen LogP contribution in [0.1, 0.15) is 51.0 Å². The molecule has 0 radical (unpaired) electrons. The molecule has 0 bridgehead atoms. The number of nitrogens with one attached hydrogen (secondary N) is 1. The van der Waals surface area contributed by atoms with E-state index in [0.717, 1.165) is 19.3 Å². The number of carbonyl (C=O) groups excluding carboxylic acids is 3. The van der Waals surface area contributed by atoms with Crippen LogP contribution in [0.15, 0.2) is 59.5 Å². The minimum atomic E-state index is -0.352. The van der Waals surface area contributed by atoms with Gasteiger partial charge in [0.2, 0.25) is 5.91 Å². The highest BCUT2D eigenvalue weighted by atomic mass is 32.2. The number of carbonyl (C=O) groups is 3. The summed E-state index contributed by atoms with van der Waals surface area (Å²) in [6.07, 6.45) is 6.72. The molecule has 2 aromatic rings. The van der Waals surface area contributed by atoms with Crippen molar-refractivity contribution in [3.63, 3.8) is 0 Å². The SMILES string of the molecule is CCCCCCCCN1C(=O)/C(=C2/C(=O)N(CC(=O)Nc3ccccc3)c3ccccc32)SC1=S. The lowest BCUT2D eigenvalue weighted by Gasteiger charge is -2.16. The lowest BCUT2D eigenvalue weighted by atomic mass is 10.1. The number of rotatable bonds is 10. The molecule has 182 valence electrons. The maximum atomic E-state index is 13.5. The van der Waals surface area contributed by atoms with Gasteiger partial charge in [-0.25, -0.2) is 0 Å². The van der Waals surface area contributed by atoms with E-state index in [1.807, 2.05) is 36.4 Å². The molecule has 4 rings (SSSR count). The fraction of sp³-hybridized carbons (Fsp3) is 0.333. The van der Waals surface area contributed by atoms with Gasteiger partial charge in [-0.15, -0.1) is 0 Å². The summed E-state index contributed by atoms with van der Waals surface area (Å²) >= 11 is 6.69. The summed E-state index contributed by atoms with van der Waals surface area (Å²) in [5, 5.41) is 2.82. The second-order valence-corrected chi connectivity index (χ2v) is 10.3. The van der Waals surface area contributed by atoms with E-state index in [2.05, 4.69) is 12.2 Å². The lowest BCUT2D eigenvalue weighted by Crippen LogP contribution is -2.35. The normalized spacial score (nSPS) is 17.3. The third-order valence-electron chi connectivity index (χ3n) is 6.09. The van der Waals surface area contributed by atoms with Crippen molar-refractivity contribution in [2.75, 3.05) is 23.3 Å². The van der Waals surface area contributed by atoms with E-state index in [0.29, 0.717) is 38.3 Å². The molecule has 6 nitrogen and oxygen atoms in total. The van der Waals surface area contributed by atoms with Crippen molar-refractivity contribution in [1.82, 2.24) is 4.90 Å². The Hall–Kier alpha value is -2.97. The van der Waals surface area contributed by atoms with Crippen LogP contribution in [0.3, 0.4) is 0 Å². The van der Waals surface area contributed by atoms with Gasteiger partial charge in [0.05, 0.1) is 16.2 Å². The number of nitrogens with zero attached hydrogens (tertiary/aromatic N) is 2. The molecule has 35 heavy (non-hydrogen) atoms. The first-order valence-corrected chi connectivity index (χ1v) is 13.3. The molecule has 0 saturated carbocycles. The Balaban J connectivity index is 1.51. The van der Waals surface area contributed by atoms with E-state index in [1.54, 1.807) is 23.1 Å². The Bertz CT molecular complexity index is 1160. The molecular formula is C27H29N3O3S2. The minimum Gasteiger partial charge on any atom is -0.325 e. The average Bonchev–Trinajstić information content (AvgIpc) is 3.29. The lowest BCUT2D eigenvalue weighted by molar-refractivity contribution is -0.122. The quantitative estimate of drug-likeness (QED) is 0.257. The number of thioether (sulfide) groups is 1. The second-order valence-electron chi connectivity index (χ2n) is 8.62. The maximum absolute atomic E-state index is 13.5. The summed E-state index contributed by atoms with van der Waals surface area (Å²) in [5.41, 5.74) is 2.27. The van der Waals surface area contributed by atoms with Crippen LogP contribution in [0.4, 0.5) is 11.4 Å². The van der Waals surface area contributed by atoms with E-state index in [4.69, 9.17) is 12.2 Å². The number of unbranched alkanes of at least 4 members (excludes halogenated alkanes) is 5. The van der Waals surface area contributed by atoms with Crippen molar-refractivity contribution < 1.29 is 14.4 Å². The van der Waals surface area contributed by atoms with E-state index < -0.39 is 0 Å². The number of hydrogen-bond donors (Lipinski definition) is 1. The summed E-state index contributed by atoms with van der Waals surface area (Å²) < 4.78 is 0.483. The number of hydrogen-bond acceptors (Lipinski definition) is 5. The van der Waals surface area contributed by atoms with Crippen molar-refractivity contribution in [3.8, 4) is 0 Å². The summed E-state index contributed by atoms with van der Waals surface area (Å²) in [4.78, 5) is 42.9. The van der Waals surface area contributed by atoms with Crippen LogP contribution in [-0.4, -0.2) is 40.0 Å². The van der Waals surface area contributed by atoms with E-state index >= 15 is 0 Å². The van der Waals surface area contributed by atoms with Crippen LogP contribution in [0.2, 0.25) is 0 Å². The zero-order valence-electron chi connectivity index (χ0n) is 19.8. The summed E-state index contributed by atoms with van der Waals surface area (Å²) in [7, 11) is 0. The Kier molecular flexibility index (Phi) is 8.36. The molecule has 2 heterocycles. The van der Waals surface area contributed by atoms with E-state index in [-0.39, 0.29) is 24.3 Å². The van der Waals surface area contributed by atoms with Gasteiger partial charge in [0.15, 0.2) is 0 Å². The number of anilines is 2. The van der Waals surface area contributed by atoms with Gasteiger partial charge in [0.1, 0.15) is 10.9 Å². The molecular weight excluding hydrogens is 478 g/mol. The van der Waals surface area contributed by atoms with Crippen molar-refractivity contribution in [2.24, 2.45) is 0 Å². The molecule has 8 heteroatoms. The summed E-state index contributed by atoms with van der Waals surface area (Å²) in [6.45, 7) is 2.60. The highest BCUT2D eigenvalue weighted by Gasteiger charge is 2.42. The van der Waals surface area contributed by atoms with Crippen LogP contribution in [0.5, 0.6) is 0 Å². The van der Waals surface area contributed by atoms with Gasteiger partial charge in [-0.05, 0) is 24.6 Å². The zero-order chi connectivity index (χ0) is 24.8. The van der Waals surface area contributed by atoms with E-state index in [9.17, 15) is 14.4 Å². The minimum absolute atomic E-state index is 0.147. The summed E-state index contributed by atoms with van der Waals surface area (Å²) in [6, 6.07) is 16.4. The third kappa shape index (κ3) is 5.65. The first kappa shape index (κ1) is 25.1. The number of thiocarbonyl (C=S) groups is 1. The smallest absolute Gasteiger partial charge is 0.267 e. The first-order valence-electron chi connectivity index (χ1n) is 12.1.